The van der Waals surface area contributed by atoms with Gasteiger partial charge in [-0.1, -0.05) is 97.6 Å². The standard InChI is InChI=1S/C24H19N/c1-2-19-22(17-11-5-3-6-12-17)20-15-9-10-16-21(20)23(24(19)25)18-13-7-4-8-14-18/h2-16H,1,25H2. The average molecular weight is 321 g/mol. The summed E-state index contributed by atoms with van der Waals surface area (Å²) in [4.78, 5) is 0. The van der Waals surface area contributed by atoms with Gasteiger partial charge >= 0.3 is 0 Å². The molecule has 0 spiro atoms. The van der Waals surface area contributed by atoms with Crippen LogP contribution in [0.5, 0.6) is 0 Å². The number of anilines is 1. The molecule has 4 aromatic carbocycles. The lowest BCUT2D eigenvalue weighted by molar-refractivity contribution is 1.60. The first-order valence-corrected chi connectivity index (χ1v) is 8.38. The van der Waals surface area contributed by atoms with Crippen molar-refractivity contribution in [3.63, 3.8) is 0 Å². The predicted octanol–water partition coefficient (Wildman–Crippen LogP) is 6.40. The number of hydrogen-bond donors (Lipinski definition) is 1. The SMILES string of the molecule is C=Cc1c(N)c(-c2ccccc2)c2ccccc2c1-c1ccccc1. The van der Waals surface area contributed by atoms with Crippen molar-refractivity contribution in [2.45, 2.75) is 0 Å². The Balaban J connectivity index is 2.18. The van der Waals surface area contributed by atoms with Gasteiger partial charge in [-0.3, -0.25) is 0 Å². The number of fused-ring (bicyclic) bond motifs is 1. The van der Waals surface area contributed by atoms with E-state index in [1.165, 1.54) is 5.39 Å². The molecule has 1 nitrogen and oxygen atoms in total. The Labute approximate surface area is 148 Å². The minimum atomic E-state index is 0.777. The second-order valence-electron chi connectivity index (χ2n) is 6.06. The summed E-state index contributed by atoms with van der Waals surface area (Å²) in [6.45, 7) is 4.04. The highest BCUT2D eigenvalue weighted by atomic mass is 14.6. The minimum absolute atomic E-state index is 0.777. The van der Waals surface area contributed by atoms with Gasteiger partial charge in [0.05, 0.1) is 0 Å². The monoisotopic (exact) mass is 321 g/mol. The highest BCUT2D eigenvalue weighted by Gasteiger charge is 2.17. The predicted molar refractivity (Wildman–Crippen MR) is 109 cm³/mol. The van der Waals surface area contributed by atoms with Gasteiger partial charge in [-0.25, -0.2) is 0 Å². The molecule has 120 valence electrons. The van der Waals surface area contributed by atoms with Gasteiger partial charge in [0, 0.05) is 16.8 Å². The van der Waals surface area contributed by atoms with Gasteiger partial charge in [0.25, 0.3) is 0 Å². The summed E-state index contributed by atoms with van der Waals surface area (Å²) in [5, 5.41) is 2.35. The zero-order valence-corrected chi connectivity index (χ0v) is 13.9. The van der Waals surface area contributed by atoms with Gasteiger partial charge in [0.2, 0.25) is 0 Å². The van der Waals surface area contributed by atoms with Crippen molar-refractivity contribution in [1.82, 2.24) is 0 Å². The molecule has 4 rings (SSSR count). The van der Waals surface area contributed by atoms with Crippen LogP contribution in [0.25, 0.3) is 39.1 Å². The maximum Gasteiger partial charge on any atom is 0.0479 e. The lowest BCUT2D eigenvalue weighted by Crippen LogP contribution is -1.99. The molecule has 0 fully saturated rings. The Bertz CT molecular complexity index is 1050. The van der Waals surface area contributed by atoms with E-state index < -0.39 is 0 Å². The minimum Gasteiger partial charge on any atom is -0.398 e. The molecule has 1 heteroatoms. The van der Waals surface area contributed by atoms with Crippen molar-refractivity contribution in [2.75, 3.05) is 5.73 Å². The molecule has 0 heterocycles. The first-order valence-electron chi connectivity index (χ1n) is 8.38. The van der Waals surface area contributed by atoms with Crippen LogP contribution in [0.4, 0.5) is 5.69 Å². The van der Waals surface area contributed by atoms with Gasteiger partial charge < -0.3 is 5.73 Å². The lowest BCUT2D eigenvalue weighted by Gasteiger charge is -2.19. The van der Waals surface area contributed by atoms with Crippen molar-refractivity contribution in [1.29, 1.82) is 0 Å². The van der Waals surface area contributed by atoms with Crippen LogP contribution >= 0.6 is 0 Å². The Morgan fingerprint density at radius 1 is 0.600 bits per heavy atom. The van der Waals surface area contributed by atoms with E-state index >= 15 is 0 Å². The van der Waals surface area contributed by atoms with Crippen molar-refractivity contribution in [3.8, 4) is 22.3 Å². The van der Waals surface area contributed by atoms with E-state index in [0.29, 0.717) is 0 Å². The van der Waals surface area contributed by atoms with E-state index in [1.807, 2.05) is 30.3 Å². The summed E-state index contributed by atoms with van der Waals surface area (Å²) in [5.74, 6) is 0. The van der Waals surface area contributed by atoms with Gasteiger partial charge in [0.1, 0.15) is 0 Å². The third kappa shape index (κ3) is 2.50. The van der Waals surface area contributed by atoms with Crippen LogP contribution in [0.3, 0.4) is 0 Å². The van der Waals surface area contributed by atoms with Gasteiger partial charge in [-0.15, -0.1) is 0 Å². The highest BCUT2D eigenvalue weighted by Crippen LogP contribution is 2.43. The molecule has 0 atom stereocenters. The Morgan fingerprint density at radius 3 is 1.56 bits per heavy atom. The third-order valence-electron chi connectivity index (χ3n) is 4.62. The zero-order chi connectivity index (χ0) is 17.2. The average Bonchev–Trinajstić information content (AvgIpc) is 2.68. The molecule has 0 aliphatic rings. The molecular weight excluding hydrogens is 302 g/mol. The number of nitrogen functional groups attached to an aromatic ring is 1. The molecule has 0 unspecified atom stereocenters. The van der Waals surface area contributed by atoms with E-state index in [0.717, 1.165) is 38.9 Å². The molecule has 0 saturated carbocycles. The molecule has 0 aromatic heterocycles. The summed E-state index contributed by atoms with van der Waals surface area (Å²) in [7, 11) is 0. The van der Waals surface area contributed by atoms with E-state index in [4.69, 9.17) is 5.73 Å². The fourth-order valence-electron chi connectivity index (χ4n) is 3.52. The van der Waals surface area contributed by atoms with Crippen molar-refractivity contribution in [2.24, 2.45) is 0 Å². The summed E-state index contributed by atoms with van der Waals surface area (Å²) in [6, 6.07) is 29.1. The normalized spacial score (nSPS) is 10.7. The maximum atomic E-state index is 6.66. The first kappa shape index (κ1) is 15.2. The molecule has 2 N–H and O–H groups in total. The third-order valence-corrected chi connectivity index (χ3v) is 4.62. The molecule has 0 aliphatic heterocycles. The van der Waals surface area contributed by atoms with E-state index in [1.54, 1.807) is 0 Å². The molecule has 0 radical (unpaired) electrons. The number of benzene rings is 4. The van der Waals surface area contributed by atoms with Crippen LogP contribution < -0.4 is 5.73 Å². The van der Waals surface area contributed by atoms with Crippen LogP contribution in [0.15, 0.2) is 91.5 Å². The topological polar surface area (TPSA) is 26.0 Å². The van der Waals surface area contributed by atoms with Gasteiger partial charge in [-0.05, 0) is 27.5 Å². The molecule has 4 aromatic rings. The molecule has 0 amide bonds. The van der Waals surface area contributed by atoms with Crippen LogP contribution in [0, 0.1) is 0 Å². The fourth-order valence-corrected chi connectivity index (χ4v) is 3.52. The lowest BCUT2D eigenvalue weighted by atomic mass is 9.86. The van der Waals surface area contributed by atoms with Crippen LogP contribution in [0.2, 0.25) is 0 Å². The van der Waals surface area contributed by atoms with E-state index in [-0.39, 0.29) is 0 Å². The zero-order valence-electron chi connectivity index (χ0n) is 13.9. The molecule has 25 heavy (non-hydrogen) atoms. The quantitative estimate of drug-likeness (QED) is 0.434. The van der Waals surface area contributed by atoms with Crippen molar-refractivity contribution >= 4 is 22.5 Å². The van der Waals surface area contributed by atoms with Crippen LogP contribution in [0.1, 0.15) is 5.56 Å². The highest BCUT2D eigenvalue weighted by molar-refractivity contribution is 6.13. The Hall–Kier alpha value is -3.32. The first-order chi connectivity index (χ1) is 12.3. The fraction of sp³-hybridized carbons (Fsp3) is 0. The maximum absolute atomic E-state index is 6.66. The van der Waals surface area contributed by atoms with Gasteiger partial charge in [0.15, 0.2) is 0 Å². The summed E-state index contributed by atoms with van der Waals surface area (Å²) in [5.41, 5.74) is 12.9. The number of hydrogen-bond acceptors (Lipinski definition) is 1. The second-order valence-corrected chi connectivity index (χ2v) is 6.06. The summed E-state index contributed by atoms with van der Waals surface area (Å²) < 4.78 is 0. The van der Waals surface area contributed by atoms with E-state index in [2.05, 4.69) is 67.2 Å². The largest absolute Gasteiger partial charge is 0.398 e. The van der Waals surface area contributed by atoms with Crippen molar-refractivity contribution < 1.29 is 0 Å². The molecule has 0 saturated heterocycles. The molecule has 0 bridgehead atoms. The molecular formula is C24H19N. The van der Waals surface area contributed by atoms with Crippen LogP contribution in [-0.4, -0.2) is 0 Å². The van der Waals surface area contributed by atoms with E-state index in [9.17, 15) is 0 Å². The second kappa shape index (κ2) is 6.29. The number of nitrogens with two attached hydrogens (primary N) is 1. The van der Waals surface area contributed by atoms with Crippen molar-refractivity contribution in [3.05, 3.63) is 97.1 Å². The smallest absolute Gasteiger partial charge is 0.0479 e. The Morgan fingerprint density at radius 2 is 1.04 bits per heavy atom. The van der Waals surface area contributed by atoms with Gasteiger partial charge in [-0.2, -0.15) is 0 Å². The summed E-state index contributed by atoms with van der Waals surface area (Å²) >= 11 is 0. The van der Waals surface area contributed by atoms with Crippen LogP contribution in [-0.2, 0) is 0 Å². The number of rotatable bonds is 3. The Kier molecular flexibility index (Phi) is 3.83. The molecule has 0 aliphatic carbocycles. The summed E-state index contributed by atoms with van der Waals surface area (Å²) in [6.07, 6.45) is 1.87.